The van der Waals surface area contributed by atoms with Gasteiger partial charge >= 0.3 is 0 Å². The van der Waals surface area contributed by atoms with Crippen molar-refractivity contribution in [2.24, 2.45) is 0 Å². The van der Waals surface area contributed by atoms with Gasteiger partial charge in [0.15, 0.2) is 0 Å². The minimum absolute atomic E-state index is 0.634. The van der Waals surface area contributed by atoms with Gasteiger partial charge in [-0.15, -0.1) is 11.5 Å². The summed E-state index contributed by atoms with van der Waals surface area (Å²) in [5.41, 5.74) is 6.45. The minimum atomic E-state index is -1.27. The fourth-order valence-corrected chi connectivity index (χ4v) is 1.70. The molecule has 0 amide bonds. The summed E-state index contributed by atoms with van der Waals surface area (Å²) >= 11 is 0. The van der Waals surface area contributed by atoms with Crippen LogP contribution in [0.15, 0.2) is 0 Å². The lowest BCUT2D eigenvalue weighted by molar-refractivity contribution is 0.287. The van der Waals surface area contributed by atoms with E-state index in [4.69, 9.17) is 4.74 Å². The second-order valence-corrected chi connectivity index (χ2v) is 15.1. The van der Waals surface area contributed by atoms with Gasteiger partial charge in [0, 0.05) is 6.42 Å². The van der Waals surface area contributed by atoms with Gasteiger partial charge in [-0.3, -0.25) is 0 Å². The van der Waals surface area contributed by atoms with Gasteiger partial charge < -0.3 is 4.74 Å². The van der Waals surface area contributed by atoms with Crippen LogP contribution in [-0.4, -0.2) is 22.8 Å². The maximum atomic E-state index is 5.21. The van der Waals surface area contributed by atoms with Crippen LogP contribution in [0.5, 0.6) is 0 Å². The van der Waals surface area contributed by atoms with E-state index in [1.54, 1.807) is 0 Å². The molecule has 0 spiro atoms. The zero-order valence-electron chi connectivity index (χ0n) is 10.8. The Balaban J connectivity index is 3.72. The molecule has 0 aromatic rings. The van der Waals surface area contributed by atoms with Crippen molar-refractivity contribution < 1.29 is 4.74 Å². The van der Waals surface area contributed by atoms with E-state index in [0.717, 1.165) is 6.42 Å². The third-order valence-electron chi connectivity index (χ3n) is 1.29. The second kappa shape index (κ2) is 6.05. The van der Waals surface area contributed by atoms with Gasteiger partial charge in [-0.2, -0.15) is 0 Å². The third-order valence-corrected chi connectivity index (χ3v) is 3.07. The van der Waals surface area contributed by atoms with Crippen LogP contribution < -0.4 is 0 Å². The molecule has 3 heteroatoms. The molecular formula is C12H22OSi2. The Morgan fingerprint density at radius 2 is 1.40 bits per heavy atom. The molecule has 0 aliphatic rings. The molecule has 0 aromatic carbocycles. The predicted molar refractivity (Wildman–Crippen MR) is 72.8 cm³/mol. The summed E-state index contributed by atoms with van der Waals surface area (Å²) in [6, 6.07) is 0. The van der Waals surface area contributed by atoms with Crippen molar-refractivity contribution in [3.8, 4) is 23.1 Å². The summed E-state index contributed by atoms with van der Waals surface area (Å²) in [6.07, 6.45) is 3.57. The van der Waals surface area contributed by atoms with Crippen molar-refractivity contribution in [3.63, 3.8) is 0 Å². The summed E-state index contributed by atoms with van der Waals surface area (Å²) in [5, 5.41) is 0. The second-order valence-electron chi connectivity index (χ2n) is 5.63. The van der Waals surface area contributed by atoms with Gasteiger partial charge in [-0.05, 0) is 0 Å². The molecule has 1 nitrogen and oxygen atoms in total. The Morgan fingerprint density at radius 1 is 0.867 bits per heavy atom. The van der Waals surface area contributed by atoms with Crippen LogP contribution in [0.4, 0.5) is 0 Å². The summed E-state index contributed by atoms with van der Waals surface area (Å²) in [6.45, 7) is 14.0. The Labute approximate surface area is 96.6 Å². The summed E-state index contributed by atoms with van der Waals surface area (Å²) in [5.74, 6) is 3.15. The topological polar surface area (TPSA) is 9.23 Å². The maximum absolute atomic E-state index is 5.21. The Hall–Kier alpha value is -0.646. The van der Waals surface area contributed by atoms with Gasteiger partial charge in [-0.1, -0.05) is 44.8 Å². The molecule has 0 unspecified atom stereocenters. The van der Waals surface area contributed by atoms with Crippen molar-refractivity contribution in [2.75, 3.05) is 6.61 Å². The van der Waals surface area contributed by atoms with Crippen LogP contribution in [0.25, 0.3) is 0 Å². The molecule has 0 rings (SSSR count). The van der Waals surface area contributed by atoms with Crippen LogP contribution >= 0.6 is 0 Å². The van der Waals surface area contributed by atoms with Crippen molar-refractivity contribution >= 4 is 16.1 Å². The zero-order valence-corrected chi connectivity index (χ0v) is 12.8. The SMILES string of the molecule is C[Si](C)(C)C#CCCOC#C[Si](C)(C)C. The van der Waals surface area contributed by atoms with Crippen LogP contribution in [-0.2, 0) is 4.74 Å². The third kappa shape index (κ3) is 13.4. The van der Waals surface area contributed by atoms with Gasteiger partial charge in [-0.25, -0.2) is 0 Å². The lowest BCUT2D eigenvalue weighted by Crippen LogP contribution is -2.16. The molecule has 0 saturated carbocycles. The van der Waals surface area contributed by atoms with Crippen molar-refractivity contribution in [2.45, 2.75) is 45.7 Å². The van der Waals surface area contributed by atoms with Crippen LogP contribution in [0.2, 0.25) is 39.3 Å². The summed E-state index contributed by atoms with van der Waals surface area (Å²) in [4.78, 5) is 0. The van der Waals surface area contributed by atoms with E-state index in [0.29, 0.717) is 6.61 Å². The summed E-state index contributed by atoms with van der Waals surface area (Å²) in [7, 11) is -2.47. The number of hydrogen-bond acceptors (Lipinski definition) is 1. The highest BCUT2D eigenvalue weighted by Crippen LogP contribution is 1.97. The average molecular weight is 238 g/mol. The molecule has 0 saturated heterocycles. The van der Waals surface area contributed by atoms with Gasteiger partial charge in [0.25, 0.3) is 0 Å². The average Bonchev–Trinajstić information content (AvgIpc) is 1.98. The van der Waals surface area contributed by atoms with E-state index in [1.807, 2.05) is 0 Å². The van der Waals surface area contributed by atoms with Crippen molar-refractivity contribution in [1.29, 1.82) is 0 Å². The van der Waals surface area contributed by atoms with E-state index >= 15 is 0 Å². The standard InChI is InChI=1S/C12H22OSi2/c1-14(2,3)11-8-7-9-13-10-12-15(4,5)6/h7,9H2,1-6H3. The molecule has 84 valence electrons. The van der Waals surface area contributed by atoms with Gasteiger partial charge in [0.2, 0.25) is 0 Å². The van der Waals surface area contributed by atoms with Crippen LogP contribution in [0.1, 0.15) is 6.42 Å². The van der Waals surface area contributed by atoms with E-state index in [1.165, 1.54) is 0 Å². The minimum Gasteiger partial charge on any atom is -0.446 e. The molecule has 0 aromatic heterocycles. The monoisotopic (exact) mass is 238 g/mol. The maximum Gasteiger partial charge on any atom is 0.133 e. The summed E-state index contributed by atoms with van der Waals surface area (Å²) < 4.78 is 5.21. The molecule has 0 aliphatic carbocycles. The number of ether oxygens (including phenoxy) is 1. The molecule has 15 heavy (non-hydrogen) atoms. The van der Waals surface area contributed by atoms with Crippen molar-refractivity contribution in [1.82, 2.24) is 0 Å². The van der Waals surface area contributed by atoms with E-state index in [9.17, 15) is 0 Å². The molecule has 0 aliphatic heterocycles. The lowest BCUT2D eigenvalue weighted by Gasteiger charge is -2.03. The quantitative estimate of drug-likeness (QED) is 0.408. The molecular weight excluding hydrogens is 216 g/mol. The van der Waals surface area contributed by atoms with Gasteiger partial charge in [0.1, 0.15) is 28.9 Å². The molecule has 0 atom stereocenters. The fraction of sp³-hybridized carbons (Fsp3) is 0.667. The van der Waals surface area contributed by atoms with Gasteiger partial charge in [0.05, 0.1) is 0 Å². The van der Waals surface area contributed by atoms with Crippen molar-refractivity contribution in [3.05, 3.63) is 0 Å². The Kier molecular flexibility index (Phi) is 5.79. The Morgan fingerprint density at radius 3 is 1.87 bits per heavy atom. The van der Waals surface area contributed by atoms with E-state index in [2.05, 4.69) is 62.4 Å². The smallest absolute Gasteiger partial charge is 0.133 e. The van der Waals surface area contributed by atoms with Crippen LogP contribution in [0.3, 0.4) is 0 Å². The normalized spacial score (nSPS) is 10.8. The first-order valence-corrected chi connectivity index (χ1v) is 12.3. The molecule has 0 fully saturated rings. The molecule has 0 heterocycles. The number of rotatable bonds is 2. The number of hydrogen-bond donors (Lipinski definition) is 0. The highest BCUT2D eigenvalue weighted by molar-refractivity contribution is 6.84. The zero-order chi connectivity index (χ0) is 11.9. The lowest BCUT2D eigenvalue weighted by atomic mass is 10.5. The first-order chi connectivity index (χ1) is 6.71. The van der Waals surface area contributed by atoms with Crippen LogP contribution in [0, 0.1) is 23.1 Å². The Bertz CT molecular complexity index is 267. The first-order valence-electron chi connectivity index (χ1n) is 5.35. The predicted octanol–water partition coefficient (Wildman–Crippen LogP) is 3.11. The highest BCUT2D eigenvalue weighted by Gasteiger charge is 2.08. The molecule has 0 N–H and O–H groups in total. The molecule has 0 radical (unpaired) electrons. The fourth-order valence-electron chi connectivity index (χ4n) is 0.670. The molecule has 0 bridgehead atoms. The highest BCUT2D eigenvalue weighted by atomic mass is 28.3. The van der Waals surface area contributed by atoms with E-state index < -0.39 is 16.1 Å². The first kappa shape index (κ1) is 14.4. The van der Waals surface area contributed by atoms with E-state index in [-0.39, 0.29) is 0 Å². The largest absolute Gasteiger partial charge is 0.446 e.